The second kappa shape index (κ2) is 7.64. The van der Waals surface area contributed by atoms with Crippen molar-refractivity contribution in [1.29, 1.82) is 0 Å². The quantitative estimate of drug-likeness (QED) is 0.631. The summed E-state index contributed by atoms with van der Waals surface area (Å²) in [6.07, 6.45) is 5.32. The first kappa shape index (κ1) is 16.1. The van der Waals surface area contributed by atoms with Crippen molar-refractivity contribution >= 4 is 17.7 Å². The molecular weight excluding hydrogens is 313 g/mol. The third-order valence-corrected chi connectivity index (χ3v) is 5.19. The number of halogens is 1. The average Bonchev–Trinajstić information content (AvgIpc) is 3.03. The average molecular weight is 333 g/mol. The fourth-order valence-corrected chi connectivity index (χ4v) is 3.63. The molecule has 0 radical (unpaired) electrons. The van der Waals surface area contributed by atoms with Crippen LogP contribution in [0.5, 0.6) is 0 Å². The number of thioether (sulfide) groups is 1. The van der Waals surface area contributed by atoms with E-state index in [1.54, 1.807) is 23.9 Å². The predicted octanol–water partition coefficient (Wildman–Crippen LogP) is 2.95. The van der Waals surface area contributed by atoms with E-state index < -0.39 is 0 Å². The zero-order chi connectivity index (χ0) is 16.1. The van der Waals surface area contributed by atoms with Gasteiger partial charge in [-0.3, -0.25) is 9.89 Å². The molecule has 0 aliphatic heterocycles. The number of aromatic nitrogens is 2. The number of nitrogens with zero attached hydrogens (tertiary/aromatic N) is 1. The predicted molar refractivity (Wildman–Crippen MR) is 88.9 cm³/mol. The number of benzene rings is 1. The summed E-state index contributed by atoms with van der Waals surface area (Å²) in [4.78, 5) is 13.3. The van der Waals surface area contributed by atoms with Crippen LogP contribution in [0.15, 0.2) is 35.4 Å². The normalized spacial score (nSPS) is 16.8. The molecule has 2 aromatic rings. The molecule has 1 aliphatic carbocycles. The third kappa shape index (κ3) is 4.34. The number of fused-ring (bicyclic) bond motifs is 1. The lowest BCUT2D eigenvalue weighted by molar-refractivity contribution is -0.125. The highest BCUT2D eigenvalue weighted by molar-refractivity contribution is 7.99. The molecule has 0 saturated heterocycles. The summed E-state index contributed by atoms with van der Waals surface area (Å²) in [7, 11) is 0. The summed E-state index contributed by atoms with van der Waals surface area (Å²) in [5.41, 5.74) is 2.34. The van der Waals surface area contributed by atoms with Gasteiger partial charge in [-0.25, -0.2) is 4.39 Å². The Kier molecular flexibility index (Phi) is 5.33. The molecular formula is C17H20FN3OS. The van der Waals surface area contributed by atoms with Crippen LogP contribution in [0.1, 0.15) is 24.1 Å². The van der Waals surface area contributed by atoms with Crippen LogP contribution < -0.4 is 5.32 Å². The molecule has 1 aromatic heterocycles. The minimum Gasteiger partial charge on any atom is -0.356 e. The van der Waals surface area contributed by atoms with Gasteiger partial charge in [-0.15, -0.1) is 11.8 Å². The van der Waals surface area contributed by atoms with Gasteiger partial charge in [0.1, 0.15) is 5.82 Å². The van der Waals surface area contributed by atoms with Gasteiger partial charge in [0.2, 0.25) is 5.91 Å². The minimum atomic E-state index is -0.213. The van der Waals surface area contributed by atoms with Crippen molar-refractivity contribution in [2.24, 2.45) is 5.92 Å². The van der Waals surface area contributed by atoms with Crippen LogP contribution in [-0.2, 0) is 17.6 Å². The van der Waals surface area contributed by atoms with E-state index in [1.807, 2.05) is 6.20 Å². The number of hydrogen-bond acceptors (Lipinski definition) is 3. The number of aromatic amines is 1. The largest absolute Gasteiger partial charge is 0.356 e. The minimum absolute atomic E-state index is 0.0488. The van der Waals surface area contributed by atoms with Crippen LogP contribution in [-0.4, -0.2) is 28.4 Å². The molecule has 1 aromatic carbocycles. The van der Waals surface area contributed by atoms with Crippen molar-refractivity contribution in [3.05, 3.63) is 47.5 Å². The molecule has 122 valence electrons. The van der Waals surface area contributed by atoms with Crippen LogP contribution in [0.3, 0.4) is 0 Å². The number of amides is 1. The molecule has 1 heterocycles. The molecule has 0 saturated carbocycles. The summed E-state index contributed by atoms with van der Waals surface area (Å²) in [5, 5.41) is 10.0. The highest BCUT2D eigenvalue weighted by Crippen LogP contribution is 2.23. The zero-order valence-electron chi connectivity index (χ0n) is 12.8. The van der Waals surface area contributed by atoms with E-state index in [0.717, 1.165) is 42.0 Å². The van der Waals surface area contributed by atoms with E-state index >= 15 is 0 Å². The Morgan fingerprint density at radius 1 is 1.39 bits per heavy atom. The summed E-state index contributed by atoms with van der Waals surface area (Å²) in [5.74, 6) is 0.876. The highest BCUT2D eigenvalue weighted by atomic mass is 32.2. The standard InChI is InChI=1S/C17H20FN3OS/c18-14-4-6-15(7-5-14)23-9-1-8-19-17(22)12-2-3-13-11-20-21-16(13)10-12/h4-7,11-12H,1-3,8-10H2,(H,19,22)(H,20,21)/t12-/m1/s1. The van der Waals surface area contributed by atoms with Crippen molar-refractivity contribution in [2.75, 3.05) is 12.3 Å². The summed E-state index contributed by atoms with van der Waals surface area (Å²) < 4.78 is 12.8. The lowest BCUT2D eigenvalue weighted by Gasteiger charge is -2.20. The van der Waals surface area contributed by atoms with Crippen LogP contribution in [0.4, 0.5) is 4.39 Å². The first-order valence-electron chi connectivity index (χ1n) is 7.89. The Bertz CT molecular complexity index is 656. The molecule has 0 bridgehead atoms. The van der Waals surface area contributed by atoms with E-state index in [4.69, 9.17) is 0 Å². The van der Waals surface area contributed by atoms with Gasteiger partial charge in [-0.05, 0) is 54.8 Å². The molecule has 1 atom stereocenters. The third-order valence-electron chi connectivity index (χ3n) is 4.09. The van der Waals surface area contributed by atoms with Gasteiger partial charge in [0.05, 0.1) is 6.20 Å². The first-order valence-corrected chi connectivity index (χ1v) is 8.88. The number of nitrogens with one attached hydrogen (secondary N) is 2. The summed E-state index contributed by atoms with van der Waals surface area (Å²) in [6.45, 7) is 0.680. The molecule has 3 rings (SSSR count). The van der Waals surface area contributed by atoms with E-state index in [2.05, 4.69) is 15.5 Å². The maximum Gasteiger partial charge on any atom is 0.223 e. The number of carbonyl (C=O) groups is 1. The monoisotopic (exact) mass is 333 g/mol. The molecule has 6 heteroatoms. The number of carbonyl (C=O) groups excluding carboxylic acids is 1. The molecule has 0 unspecified atom stereocenters. The van der Waals surface area contributed by atoms with E-state index in [1.165, 1.54) is 17.7 Å². The lowest BCUT2D eigenvalue weighted by atomic mass is 9.87. The molecule has 23 heavy (non-hydrogen) atoms. The number of hydrogen-bond donors (Lipinski definition) is 2. The van der Waals surface area contributed by atoms with E-state index in [-0.39, 0.29) is 17.6 Å². The summed E-state index contributed by atoms with van der Waals surface area (Å²) >= 11 is 1.68. The number of rotatable bonds is 6. The van der Waals surface area contributed by atoms with Crippen molar-refractivity contribution in [3.63, 3.8) is 0 Å². The first-order chi connectivity index (χ1) is 11.2. The van der Waals surface area contributed by atoms with Crippen LogP contribution in [0.25, 0.3) is 0 Å². The summed E-state index contributed by atoms with van der Waals surface area (Å²) in [6, 6.07) is 6.50. The van der Waals surface area contributed by atoms with Crippen LogP contribution in [0, 0.1) is 11.7 Å². The van der Waals surface area contributed by atoms with Gasteiger partial charge < -0.3 is 5.32 Å². The second-order valence-corrected chi connectivity index (χ2v) is 6.93. The lowest BCUT2D eigenvalue weighted by Crippen LogP contribution is -2.34. The highest BCUT2D eigenvalue weighted by Gasteiger charge is 2.25. The Labute approximate surface area is 139 Å². The smallest absolute Gasteiger partial charge is 0.223 e. The Balaban J connectivity index is 1.34. The van der Waals surface area contributed by atoms with Gasteiger partial charge >= 0.3 is 0 Å². The Morgan fingerprint density at radius 2 is 2.22 bits per heavy atom. The molecule has 0 fully saturated rings. The van der Waals surface area contributed by atoms with Crippen LogP contribution in [0.2, 0.25) is 0 Å². The number of aryl methyl sites for hydroxylation is 1. The zero-order valence-corrected chi connectivity index (χ0v) is 13.7. The molecule has 2 N–H and O–H groups in total. The van der Waals surface area contributed by atoms with Crippen molar-refractivity contribution in [2.45, 2.75) is 30.6 Å². The fraction of sp³-hybridized carbons (Fsp3) is 0.412. The Morgan fingerprint density at radius 3 is 3.04 bits per heavy atom. The number of H-pyrrole nitrogens is 1. The van der Waals surface area contributed by atoms with Crippen molar-refractivity contribution < 1.29 is 9.18 Å². The maximum atomic E-state index is 12.8. The van der Waals surface area contributed by atoms with Gasteiger partial charge in [0, 0.05) is 29.5 Å². The van der Waals surface area contributed by atoms with E-state index in [0.29, 0.717) is 6.54 Å². The molecule has 4 nitrogen and oxygen atoms in total. The topological polar surface area (TPSA) is 57.8 Å². The molecule has 0 spiro atoms. The fourth-order valence-electron chi connectivity index (χ4n) is 2.78. The maximum absolute atomic E-state index is 12.8. The SMILES string of the molecule is O=C(NCCCSc1ccc(F)cc1)[C@@H]1CCc2cn[nH]c2C1. The second-order valence-electron chi connectivity index (χ2n) is 5.76. The van der Waals surface area contributed by atoms with Crippen molar-refractivity contribution in [1.82, 2.24) is 15.5 Å². The van der Waals surface area contributed by atoms with Crippen LogP contribution >= 0.6 is 11.8 Å². The van der Waals surface area contributed by atoms with Gasteiger partial charge in [-0.2, -0.15) is 5.10 Å². The molecule has 1 amide bonds. The molecule has 1 aliphatic rings. The van der Waals surface area contributed by atoms with Gasteiger partial charge in [-0.1, -0.05) is 0 Å². The van der Waals surface area contributed by atoms with E-state index in [9.17, 15) is 9.18 Å². The van der Waals surface area contributed by atoms with Crippen molar-refractivity contribution in [3.8, 4) is 0 Å². The van der Waals surface area contributed by atoms with Gasteiger partial charge in [0.25, 0.3) is 0 Å². The Hall–Kier alpha value is -1.82. The van der Waals surface area contributed by atoms with Gasteiger partial charge in [0.15, 0.2) is 0 Å².